The van der Waals surface area contributed by atoms with Crippen molar-refractivity contribution in [3.63, 3.8) is 0 Å². The van der Waals surface area contributed by atoms with Gasteiger partial charge >= 0.3 is 5.97 Å². The first kappa shape index (κ1) is 21.9. The van der Waals surface area contributed by atoms with Crippen molar-refractivity contribution in [2.24, 2.45) is 0 Å². The van der Waals surface area contributed by atoms with Crippen LogP contribution in [0.3, 0.4) is 0 Å². The number of para-hydroxylation sites is 2. The third-order valence-corrected chi connectivity index (χ3v) is 5.35. The molecule has 0 radical (unpaired) electrons. The molecule has 1 aliphatic rings. The summed E-state index contributed by atoms with van der Waals surface area (Å²) in [4.78, 5) is 27.1. The largest absolute Gasteiger partial charge is 0.383 e. The first-order chi connectivity index (χ1) is 15.7. The molecular weight excluding hydrogens is 413 g/mol. The third kappa shape index (κ3) is 4.21. The van der Waals surface area contributed by atoms with Crippen molar-refractivity contribution in [3.05, 3.63) is 48.0 Å². The van der Waals surface area contributed by atoms with Gasteiger partial charge < -0.3 is 10.1 Å². The number of hydrogen-bond acceptors (Lipinski definition) is 7. The molecule has 1 fully saturated rings. The Balaban J connectivity index is 0.00000119. The van der Waals surface area contributed by atoms with Crippen LogP contribution in [0.2, 0.25) is 0 Å². The second-order valence-electron chi connectivity index (χ2n) is 7.17. The molecule has 9 heteroatoms. The molecule has 8 nitrogen and oxygen atoms in total. The van der Waals surface area contributed by atoms with Gasteiger partial charge in [-0.1, -0.05) is 26.0 Å². The van der Waals surface area contributed by atoms with Crippen LogP contribution in [-0.4, -0.2) is 64.6 Å². The monoisotopic (exact) mass is 439 g/mol. The molecule has 5 rings (SSSR count). The number of pyridine rings is 2. The number of carbonyl (C=O) groups excluding carboxylic acids is 1. The number of ether oxygens (including phenoxy) is 1. The van der Waals surface area contributed by atoms with Gasteiger partial charge in [0.25, 0.3) is 0 Å². The van der Waals surface area contributed by atoms with Crippen LogP contribution in [0.5, 0.6) is 0 Å². The average molecular weight is 439 g/mol. The van der Waals surface area contributed by atoms with Gasteiger partial charge in [0, 0.05) is 36.1 Å². The highest BCUT2D eigenvalue weighted by molar-refractivity contribution is 6.03. The molecule has 0 unspecified atom stereocenters. The van der Waals surface area contributed by atoms with Gasteiger partial charge in [0.05, 0.1) is 24.2 Å². The van der Waals surface area contributed by atoms with E-state index in [-0.39, 0.29) is 5.56 Å². The Morgan fingerprint density at radius 3 is 2.69 bits per heavy atom. The van der Waals surface area contributed by atoms with Crippen molar-refractivity contribution < 1.29 is 19.0 Å². The van der Waals surface area contributed by atoms with E-state index < -0.39 is 5.97 Å². The van der Waals surface area contributed by atoms with Crippen LogP contribution >= 0.6 is 0 Å². The lowest BCUT2D eigenvalue weighted by atomic mass is 10.2. The standard InChI is InChI=1S/C21H20FN5O3.C2H6/c22-30-21(28)15-13-14-5-6-18(23-7-8-26-9-11-29-12-10-26)25-19(14)27-17-4-2-1-3-16(17)24-20(15)27;1-2/h1-6,13H,7-12H2,(H,23,25);1-2H3. The maximum atomic E-state index is 12.7. The lowest BCUT2D eigenvalue weighted by molar-refractivity contribution is -0.0786. The van der Waals surface area contributed by atoms with E-state index in [9.17, 15) is 9.32 Å². The average Bonchev–Trinajstić information content (AvgIpc) is 3.25. The van der Waals surface area contributed by atoms with E-state index in [4.69, 9.17) is 9.72 Å². The second-order valence-corrected chi connectivity index (χ2v) is 7.17. The number of fused-ring (bicyclic) bond motifs is 5. The summed E-state index contributed by atoms with van der Waals surface area (Å²) in [5, 5.41) is 4.04. The number of nitrogens with one attached hydrogen (secondary N) is 1. The molecule has 3 aromatic heterocycles. The molecule has 168 valence electrons. The lowest BCUT2D eigenvalue weighted by Crippen LogP contribution is -2.39. The molecule has 0 bridgehead atoms. The van der Waals surface area contributed by atoms with E-state index in [2.05, 4.69) is 20.1 Å². The van der Waals surface area contributed by atoms with Crippen LogP contribution in [-0.2, 0) is 9.68 Å². The van der Waals surface area contributed by atoms with Gasteiger partial charge in [0.15, 0.2) is 5.65 Å². The van der Waals surface area contributed by atoms with Crippen LogP contribution < -0.4 is 5.32 Å². The molecule has 32 heavy (non-hydrogen) atoms. The van der Waals surface area contributed by atoms with E-state index in [0.717, 1.165) is 50.7 Å². The lowest BCUT2D eigenvalue weighted by Gasteiger charge is -2.26. The molecule has 4 heterocycles. The topological polar surface area (TPSA) is 81.0 Å². The fourth-order valence-electron chi connectivity index (χ4n) is 3.85. The fraction of sp³-hybridized carbons (Fsp3) is 0.348. The number of carbonyl (C=O) groups is 1. The van der Waals surface area contributed by atoms with Gasteiger partial charge in [-0.2, -0.15) is 0 Å². The zero-order chi connectivity index (χ0) is 22.5. The Morgan fingerprint density at radius 2 is 1.91 bits per heavy atom. The van der Waals surface area contributed by atoms with Crippen molar-refractivity contribution in [2.75, 3.05) is 44.7 Å². The maximum Gasteiger partial charge on any atom is 0.383 e. The molecule has 1 aromatic carbocycles. The molecule has 1 N–H and O–H groups in total. The minimum atomic E-state index is -1.08. The van der Waals surface area contributed by atoms with E-state index in [0.29, 0.717) is 22.2 Å². The summed E-state index contributed by atoms with van der Waals surface area (Å²) in [5.41, 5.74) is 2.46. The van der Waals surface area contributed by atoms with E-state index in [1.54, 1.807) is 10.5 Å². The number of hydrogen-bond donors (Lipinski definition) is 1. The molecule has 0 amide bonds. The van der Waals surface area contributed by atoms with Gasteiger partial charge in [0.1, 0.15) is 17.0 Å². The Bertz CT molecular complexity index is 1240. The molecule has 0 aliphatic carbocycles. The van der Waals surface area contributed by atoms with Crippen LogP contribution in [0.15, 0.2) is 42.5 Å². The predicted molar refractivity (Wildman–Crippen MR) is 122 cm³/mol. The Labute approximate surface area is 184 Å². The van der Waals surface area contributed by atoms with Crippen LogP contribution in [0, 0.1) is 0 Å². The molecule has 4 aromatic rings. The van der Waals surface area contributed by atoms with Crippen molar-refractivity contribution in [2.45, 2.75) is 13.8 Å². The third-order valence-electron chi connectivity index (χ3n) is 5.35. The quantitative estimate of drug-likeness (QED) is 0.506. The normalized spacial score (nSPS) is 14.3. The van der Waals surface area contributed by atoms with Crippen LogP contribution in [0.1, 0.15) is 24.2 Å². The first-order valence-corrected chi connectivity index (χ1v) is 10.8. The van der Waals surface area contributed by atoms with Gasteiger partial charge in [-0.15, -0.1) is 0 Å². The molecule has 1 saturated heterocycles. The summed E-state index contributed by atoms with van der Waals surface area (Å²) >= 11 is 0. The summed E-state index contributed by atoms with van der Waals surface area (Å²) in [7, 11) is 0. The number of imidazole rings is 1. The highest BCUT2D eigenvalue weighted by atomic mass is 19.3. The van der Waals surface area contributed by atoms with Gasteiger partial charge in [0.2, 0.25) is 0 Å². The SMILES string of the molecule is CC.O=C(OF)c1cc2ccc(NCCN3CCOCC3)nc2n2c1nc1ccccc12. The molecular formula is C23H26FN5O3. The highest BCUT2D eigenvalue weighted by Crippen LogP contribution is 2.27. The van der Waals surface area contributed by atoms with Crippen molar-refractivity contribution in [1.29, 1.82) is 0 Å². The van der Waals surface area contributed by atoms with E-state index in [1.807, 2.05) is 50.2 Å². The summed E-state index contributed by atoms with van der Waals surface area (Å²) in [6.45, 7) is 9.04. The number of benzene rings is 1. The van der Waals surface area contributed by atoms with Crippen LogP contribution in [0.25, 0.3) is 27.7 Å². The zero-order valence-electron chi connectivity index (χ0n) is 18.2. The molecule has 0 spiro atoms. The Kier molecular flexibility index (Phi) is 6.77. The van der Waals surface area contributed by atoms with Gasteiger partial charge in [-0.05, 0) is 30.3 Å². The summed E-state index contributed by atoms with van der Waals surface area (Å²) in [6.07, 6.45) is 0. The van der Waals surface area contributed by atoms with Crippen molar-refractivity contribution in [3.8, 4) is 0 Å². The predicted octanol–water partition coefficient (Wildman–Crippen LogP) is 3.85. The molecule has 0 saturated carbocycles. The minimum Gasteiger partial charge on any atom is -0.379 e. The zero-order valence-corrected chi connectivity index (χ0v) is 18.2. The van der Waals surface area contributed by atoms with E-state index in [1.165, 1.54) is 0 Å². The first-order valence-electron chi connectivity index (χ1n) is 10.8. The summed E-state index contributed by atoms with van der Waals surface area (Å²) in [6, 6.07) is 12.7. The Morgan fingerprint density at radius 1 is 1.12 bits per heavy atom. The van der Waals surface area contributed by atoms with Crippen molar-refractivity contribution >= 4 is 39.5 Å². The number of nitrogens with zero attached hydrogens (tertiary/aromatic N) is 4. The van der Waals surface area contributed by atoms with E-state index >= 15 is 0 Å². The maximum absolute atomic E-state index is 12.7. The van der Waals surface area contributed by atoms with Crippen LogP contribution in [0.4, 0.5) is 10.3 Å². The van der Waals surface area contributed by atoms with Gasteiger partial charge in [-0.3, -0.25) is 9.30 Å². The summed E-state index contributed by atoms with van der Waals surface area (Å²) in [5.74, 6) is -0.361. The molecule has 0 atom stereocenters. The second kappa shape index (κ2) is 9.88. The highest BCUT2D eigenvalue weighted by Gasteiger charge is 2.20. The fourth-order valence-corrected chi connectivity index (χ4v) is 3.85. The minimum absolute atomic E-state index is 0.0519. The summed E-state index contributed by atoms with van der Waals surface area (Å²) < 4.78 is 19.8. The number of morpholine rings is 1. The van der Waals surface area contributed by atoms with Crippen molar-refractivity contribution in [1.82, 2.24) is 19.3 Å². The Hall–Kier alpha value is -3.30. The smallest absolute Gasteiger partial charge is 0.379 e. The molecule has 1 aliphatic heterocycles. The number of halogens is 1. The number of anilines is 1. The number of aromatic nitrogens is 3. The number of rotatable bonds is 5. The van der Waals surface area contributed by atoms with Gasteiger partial charge in [-0.25, -0.2) is 19.7 Å².